The Labute approximate surface area is 213 Å². The number of carbonyl (C=O) groups is 3. The second-order valence-electron chi connectivity index (χ2n) is 8.05. The number of nitrogens with zero attached hydrogens (tertiary/aromatic N) is 1. The molecule has 4 rings (SSSR count). The van der Waals surface area contributed by atoms with Crippen LogP contribution in [0.5, 0.6) is 5.75 Å². The Morgan fingerprint density at radius 1 is 1.06 bits per heavy atom. The number of anilines is 2. The van der Waals surface area contributed by atoms with E-state index in [4.69, 9.17) is 27.9 Å². The number of hydrogen-bond donors (Lipinski definition) is 2. The third-order valence-electron chi connectivity index (χ3n) is 5.73. The Morgan fingerprint density at radius 2 is 1.83 bits per heavy atom. The molecule has 1 saturated heterocycles. The average molecular weight is 512 g/mol. The average Bonchev–Trinajstić information content (AvgIpc) is 3.26. The van der Waals surface area contributed by atoms with Gasteiger partial charge >= 0.3 is 0 Å². The Morgan fingerprint density at radius 3 is 2.63 bits per heavy atom. The first kappa shape index (κ1) is 24.6. The van der Waals surface area contributed by atoms with E-state index in [0.717, 1.165) is 5.56 Å². The van der Waals surface area contributed by atoms with Gasteiger partial charge in [0.25, 0.3) is 5.91 Å². The molecular formula is C26H23Cl2N3O4. The van der Waals surface area contributed by atoms with Crippen molar-refractivity contribution < 1.29 is 19.1 Å². The molecule has 0 radical (unpaired) electrons. The van der Waals surface area contributed by atoms with Crippen LogP contribution in [0.3, 0.4) is 0 Å². The van der Waals surface area contributed by atoms with Gasteiger partial charge in [-0.25, -0.2) is 0 Å². The molecule has 180 valence electrons. The molecule has 3 aromatic rings. The smallest absolute Gasteiger partial charge is 0.253 e. The van der Waals surface area contributed by atoms with Crippen LogP contribution in [0.1, 0.15) is 22.3 Å². The summed E-state index contributed by atoms with van der Waals surface area (Å²) in [7, 11) is 1.58. The minimum atomic E-state index is -0.606. The van der Waals surface area contributed by atoms with Gasteiger partial charge in [-0.15, -0.1) is 0 Å². The zero-order chi connectivity index (χ0) is 24.9. The highest BCUT2D eigenvalue weighted by atomic mass is 35.5. The lowest BCUT2D eigenvalue weighted by molar-refractivity contribution is -0.122. The fraction of sp³-hybridized carbons (Fsp3) is 0.192. The zero-order valence-corrected chi connectivity index (χ0v) is 20.4. The van der Waals surface area contributed by atoms with Crippen LogP contribution < -0.4 is 20.3 Å². The molecule has 1 fully saturated rings. The fourth-order valence-corrected chi connectivity index (χ4v) is 4.30. The van der Waals surface area contributed by atoms with E-state index in [1.807, 2.05) is 24.3 Å². The second-order valence-corrected chi connectivity index (χ2v) is 8.83. The summed E-state index contributed by atoms with van der Waals surface area (Å²) in [4.78, 5) is 40.0. The maximum absolute atomic E-state index is 13.0. The first-order valence-electron chi connectivity index (χ1n) is 10.9. The molecule has 0 unspecified atom stereocenters. The van der Waals surface area contributed by atoms with E-state index in [9.17, 15) is 14.4 Å². The molecule has 1 aliphatic rings. The topological polar surface area (TPSA) is 87.7 Å². The van der Waals surface area contributed by atoms with Crippen LogP contribution in [0.15, 0.2) is 66.7 Å². The molecule has 0 aliphatic carbocycles. The Balaban J connectivity index is 1.43. The van der Waals surface area contributed by atoms with Crippen molar-refractivity contribution in [3.05, 3.63) is 87.9 Å². The molecule has 0 spiro atoms. The highest BCUT2D eigenvalue weighted by molar-refractivity contribution is 6.44. The van der Waals surface area contributed by atoms with Crippen LogP contribution in [-0.4, -0.2) is 31.4 Å². The van der Waals surface area contributed by atoms with Crippen LogP contribution in [0.4, 0.5) is 11.4 Å². The Kier molecular flexibility index (Phi) is 7.58. The number of carbonyl (C=O) groups excluding carboxylic acids is 3. The van der Waals surface area contributed by atoms with E-state index in [0.29, 0.717) is 34.3 Å². The van der Waals surface area contributed by atoms with Gasteiger partial charge in [-0.3, -0.25) is 14.4 Å². The minimum absolute atomic E-state index is 0.0267. The number of halogens is 2. The molecule has 1 aliphatic heterocycles. The molecule has 2 N–H and O–H groups in total. The van der Waals surface area contributed by atoms with Crippen molar-refractivity contribution in [3.63, 3.8) is 0 Å². The van der Waals surface area contributed by atoms with E-state index < -0.39 is 5.92 Å². The predicted molar refractivity (Wildman–Crippen MR) is 136 cm³/mol. The van der Waals surface area contributed by atoms with Crippen molar-refractivity contribution in [2.24, 2.45) is 5.92 Å². The summed E-state index contributed by atoms with van der Waals surface area (Å²) in [6.07, 6.45) is 0.0267. The number of para-hydroxylation sites is 1. The summed E-state index contributed by atoms with van der Waals surface area (Å²) in [6.45, 7) is 0.458. The van der Waals surface area contributed by atoms with Gasteiger partial charge in [0, 0.05) is 19.5 Å². The maximum atomic E-state index is 13.0. The summed E-state index contributed by atoms with van der Waals surface area (Å²) < 4.78 is 5.21. The van der Waals surface area contributed by atoms with E-state index in [1.165, 1.54) is 4.90 Å². The van der Waals surface area contributed by atoms with Gasteiger partial charge < -0.3 is 20.3 Å². The number of rotatable bonds is 7. The summed E-state index contributed by atoms with van der Waals surface area (Å²) in [5.74, 6) is -0.821. The first-order chi connectivity index (χ1) is 16.9. The van der Waals surface area contributed by atoms with Crippen LogP contribution in [-0.2, 0) is 16.1 Å². The summed E-state index contributed by atoms with van der Waals surface area (Å²) in [6, 6.07) is 19.1. The van der Waals surface area contributed by atoms with Crippen LogP contribution in [0.2, 0.25) is 10.0 Å². The van der Waals surface area contributed by atoms with E-state index in [-0.39, 0.29) is 35.7 Å². The van der Waals surface area contributed by atoms with Crippen molar-refractivity contribution >= 4 is 52.3 Å². The molecule has 0 bridgehead atoms. The number of benzene rings is 3. The van der Waals surface area contributed by atoms with Crippen molar-refractivity contribution in [2.45, 2.75) is 13.0 Å². The number of nitrogens with one attached hydrogen (secondary N) is 2. The molecule has 1 heterocycles. The second kappa shape index (κ2) is 10.8. The van der Waals surface area contributed by atoms with Crippen molar-refractivity contribution in [1.82, 2.24) is 5.32 Å². The maximum Gasteiger partial charge on any atom is 0.253 e. The minimum Gasteiger partial charge on any atom is -0.497 e. The molecule has 1 atom stereocenters. The summed E-state index contributed by atoms with van der Waals surface area (Å²) in [5.41, 5.74) is 2.04. The van der Waals surface area contributed by atoms with Gasteiger partial charge in [0.1, 0.15) is 5.75 Å². The van der Waals surface area contributed by atoms with E-state index in [2.05, 4.69) is 10.6 Å². The Bertz CT molecular complexity index is 1280. The van der Waals surface area contributed by atoms with Gasteiger partial charge in [0.15, 0.2) is 0 Å². The molecule has 7 nitrogen and oxygen atoms in total. The summed E-state index contributed by atoms with van der Waals surface area (Å²) in [5, 5.41) is 6.27. The quantitative estimate of drug-likeness (QED) is 0.471. The number of hydrogen-bond acceptors (Lipinski definition) is 4. The van der Waals surface area contributed by atoms with Gasteiger partial charge in [0.2, 0.25) is 11.8 Å². The Hall–Kier alpha value is -3.55. The third-order valence-corrected chi connectivity index (χ3v) is 6.54. The zero-order valence-electron chi connectivity index (χ0n) is 18.9. The summed E-state index contributed by atoms with van der Waals surface area (Å²) >= 11 is 12.3. The molecule has 9 heteroatoms. The number of ether oxygens (including phenoxy) is 1. The van der Waals surface area contributed by atoms with Crippen LogP contribution in [0, 0.1) is 5.92 Å². The van der Waals surface area contributed by atoms with Gasteiger partial charge in [-0.1, -0.05) is 53.5 Å². The van der Waals surface area contributed by atoms with Crippen molar-refractivity contribution in [3.8, 4) is 5.75 Å². The lowest BCUT2D eigenvalue weighted by atomic mass is 10.1. The largest absolute Gasteiger partial charge is 0.497 e. The first-order valence-corrected chi connectivity index (χ1v) is 11.7. The van der Waals surface area contributed by atoms with Crippen molar-refractivity contribution in [1.29, 1.82) is 0 Å². The molecule has 3 amide bonds. The number of amides is 3. The lowest BCUT2D eigenvalue weighted by Crippen LogP contribution is -2.29. The normalized spacial score (nSPS) is 15.1. The molecule has 0 aromatic heterocycles. The van der Waals surface area contributed by atoms with Gasteiger partial charge in [-0.2, -0.15) is 0 Å². The molecule has 0 saturated carbocycles. The SMILES string of the molecule is COc1cccc(CNC(=O)c2ccccc2NC(=O)[C@H]2CC(=O)N(c3cccc(Cl)c3Cl)C2)c1. The van der Waals surface area contributed by atoms with Crippen molar-refractivity contribution in [2.75, 3.05) is 23.9 Å². The molecular weight excluding hydrogens is 489 g/mol. The van der Waals surface area contributed by atoms with Crippen LogP contribution >= 0.6 is 23.2 Å². The van der Waals surface area contributed by atoms with Gasteiger partial charge in [-0.05, 0) is 42.0 Å². The monoisotopic (exact) mass is 511 g/mol. The molecule has 3 aromatic carbocycles. The highest BCUT2D eigenvalue weighted by Gasteiger charge is 2.36. The number of methoxy groups -OCH3 is 1. The lowest BCUT2D eigenvalue weighted by Gasteiger charge is -2.19. The third kappa shape index (κ3) is 5.58. The van der Waals surface area contributed by atoms with Crippen LogP contribution in [0.25, 0.3) is 0 Å². The van der Waals surface area contributed by atoms with Gasteiger partial charge in [0.05, 0.1) is 40.0 Å². The predicted octanol–water partition coefficient (Wildman–Crippen LogP) is 4.92. The van der Waals surface area contributed by atoms with E-state index >= 15 is 0 Å². The highest BCUT2D eigenvalue weighted by Crippen LogP contribution is 2.36. The standard InChI is InChI=1S/C26H23Cl2N3O4/c1-35-18-7-4-6-16(12-18)14-29-26(34)19-8-2-3-10-21(19)30-25(33)17-13-23(32)31(15-17)22-11-5-9-20(27)24(22)28/h2-12,17H,13-15H2,1H3,(H,29,34)(H,30,33)/t17-/m0/s1. The fourth-order valence-electron chi connectivity index (χ4n) is 3.90. The molecule has 35 heavy (non-hydrogen) atoms. The van der Waals surface area contributed by atoms with E-state index in [1.54, 1.807) is 49.6 Å².